The minimum atomic E-state index is 0.733. The molecule has 13 heavy (non-hydrogen) atoms. The van der Waals surface area contributed by atoms with Crippen molar-refractivity contribution >= 4 is 0 Å². The molecule has 1 fully saturated rings. The Morgan fingerprint density at radius 1 is 1.38 bits per heavy atom. The van der Waals surface area contributed by atoms with Crippen LogP contribution in [0.1, 0.15) is 23.5 Å². The number of hydrogen-bond donors (Lipinski definition) is 1. The van der Waals surface area contributed by atoms with E-state index >= 15 is 0 Å². The van der Waals surface area contributed by atoms with Gasteiger partial charge in [0.1, 0.15) is 0 Å². The normalized spacial score (nSPS) is 31.1. The molecule has 0 aromatic carbocycles. The van der Waals surface area contributed by atoms with Crippen molar-refractivity contribution in [3.63, 3.8) is 0 Å². The van der Waals surface area contributed by atoms with Crippen LogP contribution in [0.3, 0.4) is 0 Å². The zero-order chi connectivity index (χ0) is 8.67. The molecular weight excluding hydrogens is 160 g/mol. The van der Waals surface area contributed by atoms with Crippen molar-refractivity contribution in [1.82, 2.24) is 10.3 Å². The maximum Gasteiger partial charge on any atom is 0.0305 e. The minimum absolute atomic E-state index is 0.733. The third-order valence-electron chi connectivity index (χ3n) is 3.34. The maximum absolute atomic E-state index is 4.22. The summed E-state index contributed by atoms with van der Waals surface area (Å²) in [5.74, 6) is 1.60. The summed E-state index contributed by atoms with van der Waals surface area (Å²) in [5, 5.41) is 3.50. The Hall–Kier alpha value is -0.890. The Labute approximate surface area is 78.4 Å². The summed E-state index contributed by atoms with van der Waals surface area (Å²) in [5.41, 5.74) is 3.03. The molecular formula is C11H14N2. The number of pyridine rings is 1. The number of aromatic nitrogens is 1. The van der Waals surface area contributed by atoms with Crippen molar-refractivity contribution in [1.29, 1.82) is 0 Å². The molecule has 1 aromatic heterocycles. The van der Waals surface area contributed by atoms with Crippen LogP contribution < -0.4 is 5.32 Å². The minimum Gasteiger partial charge on any atom is -0.316 e. The van der Waals surface area contributed by atoms with E-state index in [1.807, 2.05) is 6.20 Å². The van der Waals surface area contributed by atoms with E-state index in [-0.39, 0.29) is 0 Å². The van der Waals surface area contributed by atoms with Crippen molar-refractivity contribution in [2.75, 3.05) is 13.1 Å². The molecule has 1 saturated heterocycles. The lowest BCUT2D eigenvalue weighted by molar-refractivity contribution is 0.317. The summed E-state index contributed by atoms with van der Waals surface area (Å²) in [6.07, 6.45) is 6.60. The van der Waals surface area contributed by atoms with Crippen molar-refractivity contribution in [3.8, 4) is 0 Å². The van der Waals surface area contributed by atoms with Crippen LogP contribution in [0, 0.1) is 5.92 Å². The van der Waals surface area contributed by atoms with Gasteiger partial charge >= 0.3 is 0 Å². The molecule has 1 aromatic rings. The average Bonchev–Trinajstić information content (AvgIpc) is 2.18. The second-order valence-corrected chi connectivity index (χ2v) is 4.24. The third-order valence-corrected chi connectivity index (χ3v) is 3.34. The van der Waals surface area contributed by atoms with Crippen molar-refractivity contribution in [3.05, 3.63) is 29.6 Å². The van der Waals surface area contributed by atoms with Crippen LogP contribution in [-0.4, -0.2) is 18.1 Å². The van der Waals surface area contributed by atoms with Gasteiger partial charge in [-0.05, 0) is 48.4 Å². The number of hydrogen-bond acceptors (Lipinski definition) is 2. The van der Waals surface area contributed by atoms with Crippen LogP contribution in [-0.2, 0) is 6.42 Å². The van der Waals surface area contributed by atoms with E-state index in [0.29, 0.717) is 0 Å². The summed E-state index contributed by atoms with van der Waals surface area (Å²) in [6, 6.07) is 2.19. The van der Waals surface area contributed by atoms with E-state index in [1.165, 1.54) is 30.5 Å². The molecule has 0 saturated carbocycles. The van der Waals surface area contributed by atoms with Gasteiger partial charge in [0.15, 0.2) is 0 Å². The molecule has 1 unspecified atom stereocenters. The quantitative estimate of drug-likeness (QED) is 0.642. The summed E-state index contributed by atoms with van der Waals surface area (Å²) in [7, 11) is 0. The van der Waals surface area contributed by atoms with Crippen LogP contribution in [0.25, 0.3) is 0 Å². The fraction of sp³-hybridized carbons (Fsp3) is 0.545. The van der Waals surface area contributed by atoms with E-state index in [0.717, 1.165) is 18.4 Å². The topological polar surface area (TPSA) is 24.9 Å². The van der Waals surface area contributed by atoms with Crippen LogP contribution in [0.4, 0.5) is 0 Å². The highest BCUT2D eigenvalue weighted by atomic mass is 14.9. The molecule has 0 amide bonds. The highest BCUT2D eigenvalue weighted by molar-refractivity contribution is 5.31. The number of nitrogens with zero attached hydrogens (tertiary/aromatic N) is 1. The smallest absolute Gasteiger partial charge is 0.0305 e. The fourth-order valence-electron chi connectivity index (χ4n) is 2.72. The van der Waals surface area contributed by atoms with Crippen molar-refractivity contribution in [2.45, 2.75) is 18.8 Å². The molecule has 1 aliphatic heterocycles. The molecule has 2 atom stereocenters. The molecule has 2 nitrogen and oxygen atoms in total. The highest BCUT2D eigenvalue weighted by Gasteiger charge is 2.29. The summed E-state index contributed by atoms with van der Waals surface area (Å²) in [4.78, 5) is 4.22. The van der Waals surface area contributed by atoms with Crippen LogP contribution in [0.2, 0.25) is 0 Å². The molecule has 68 valence electrons. The lowest BCUT2D eigenvalue weighted by atomic mass is 9.75. The standard InChI is InChI=1S/C11H14N2/c1-2-12-7-11-9(1)3-8-4-10(11)6-13-5-8/h1-2,7-8,10,13H,3-6H2/t8-,10?/m1/s1. The van der Waals surface area contributed by atoms with Gasteiger partial charge in [-0.2, -0.15) is 0 Å². The van der Waals surface area contributed by atoms with Gasteiger partial charge in [-0.15, -0.1) is 0 Å². The Balaban J connectivity index is 2.06. The molecule has 3 rings (SSSR count). The lowest BCUT2D eigenvalue weighted by Gasteiger charge is -2.36. The predicted octanol–water partition coefficient (Wildman–Crippen LogP) is 1.33. The molecule has 0 spiro atoms. The first-order valence-corrected chi connectivity index (χ1v) is 5.07. The average molecular weight is 174 g/mol. The molecule has 2 heteroatoms. The van der Waals surface area contributed by atoms with E-state index in [4.69, 9.17) is 0 Å². The molecule has 2 aliphatic rings. The van der Waals surface area contributed by atoms with E-state index in [2.05, 4.69) is 22.6 Å². The summed E-state index contributed by atoms with van der Waals surface area (Å²) in [6.45, 7) is 2.35. The van der Waals surface area contributed by atoms with Gasteiger partial charge in [-0.25, -0.2) is 0 Å². The third kappa shape index (κ3) is 1.17. The van der Waals surface area contributed by atoms with E-state index in [9.17, 15) is 0 Å². The van der Waals surface area contributed by atoms with Gasteiger partial charge in [-0.3, -0.25) is 4.98 Å². The van der Waals surface area contributed by atoms with Gasteiger partial charge in [0.25, 0.3) is 0 Å². The summed E-state index contributed by atoms with van der Waals surface area (Å²) < 4.78 is 0. The largest absolute Gasteiger partial charge is 0.316 e. The Morgan fingerprint density at radius 3 is 3.38 bits per heavy atom. The lowest BCUT2D eigenvalue weighted by Crippen LogP contribution is -2.39. The first-order chi connectivity index (χ1) is 6.43. The summed E-state index contributed by atoms with van der Waals surface area (Å²) >= 11 is 0. The predicted molar refractivity (Wildman–Crippen MR) is 51.7 cm³/mol. The van der Waals surface area contributed by atoms with Gasteiger partial charge in [-0.1, -0.05) is 0 Å². The van der Waals surface area contributed by atoms with Gasteiger partial charge in [0.05, 0.1) is 0 Å². The first-order valence-electron chi connectivity index (χ1n) is 5.07. The zero-order valence-corrected chi connectivity index (χ0v) is 7.66. The molecule has 2 heterocycles. The second-order valence-electron chi connectivity index (χ2n) is 4.24. The van der Waals surface area contributed by atoms with Crippen molar-refractivity contribution < 1.29 is 0 Å². The van der Waals surface area contributed by atoms with Crippen LogP contribution in [0.15, 0.2) is 18.5 Å². The molecule has 0 radical (unpaired) electrons. The van der Waals surface area contributed by atoms with Crippen molar-refractivity contribution in [2.24, 2.45) is 5.92 Å². The number of nitrogens with one attached hydrogen (secondary N) is 1. The molecule has 1 aliphatic carbocycles. The number of piperidine rings is 1. The monoisotopic (exact) mass is 174 g/mol. The molecule has 1 N–H and O–H groups in total. The Bertz CT molecular complexity index is 322. The van der Waals surface area contributed by atoms with E-state index < -0.39 is 0 Å². The maximum atomic E-state index is 4.22. The van der Waals surface area contributed by atoms with Crippen LogP contribution in [0.5, 0.6) is 0 Å². The molecule has 2 bridgehead atoms. The van der Waals surface area contributed by atoms with Gasteiger partial charge < -0.3 is 5.32 Å². The van der Waals surface area contributed by atoms with E-state index in [1.54, 1.807) is 0 Å². The van der Waals surface area contributed by atoms with Gasteiger partial charge in [0, 0.05) is 18.9 Å². The Morgan fingerprint density at radius 2 is 2.38 bits per heavy atom. The second kappa shape index (κ2) is 2.81. The first kappa shape index (κ1) is 7.51. The highest BCUT2D eigenvalue weighted by Crippen LogP contribution is 2.35. The number of rotatable bonds is 0. The fourth-order valence-corrected chi connectivity index (χ4v) is 2.72. The zero-order valence-electron chi connectivity index (χ0n) is 7.66. The number of fused-ring (bicyclic) bond motifs is 4. The Kier molecular flexibility index (Phi) is 1.62. The SMILES string of the molecule is c1cc2c(cn1)C1CNC[C@H](C2)C1. The van der Waals surface area contributed by atoms with Gasteiger partial charge in [0.2, 0.25) is 0 Å². The van der Waals surface area contributed by atoms with Crippen LogP contribution >= 0.6 is 0 Å².